The van der Waals surface area contributed by atoms with Crippen LogP contribution < -0.4 is 5.32 Å². The zero-order chi connectivity index (χ0) is 9.14. The molecule has 0 radical (unpaired) electrons. The van der Waals surface area contributed by atoms with Gasteiger partial charge in [-0.05, 0) is 0 Å². The molecule has 1 N–H and O–H groups in total. The van der Waals surface area contributed by atoms with E-state index < -0.39 is 12.1 Å². The highest BCUT2D eigenvalue weighted by Crippen LogP contribution is 2.13. The molecule has 0 bridgehead atoms. The number of nitrogens with one attached hydrogen (secondary N) is 1. The fourth-order valence-corrected chi connectivity index (χ4v) is 1.07. The molecule has 12 heavy (non-hydrogen) atoms. The first kappa shape index (κ1) is 8.77. The molecule has 1 aliphatic heterocycles. The van der Waals surface area contributed by atoms with Gasteiger partial charge >= 0.3 is 5.97 Å². The monoisotopic (exact) mass is 169 g/mol. The number of amides is 1. The van der Waals surface area contributed by atoms with Gasteiger partial charge in [-0.1, -0.05) is 13.5 Å². The van der Waals surface area contributed by atoms with Crippen LogP contribution in [-0.4, -0.2) is 24.5 Å². The number of esters is 1. The van der Waals surface area contributed by atoms with Gasteiger partial charge in [0.15, 0.2) is 6.10 Å². The summed E-state index contributed by atoms with van der Waals surface area (Å²) in [6.07, 6.45) is 0.411. The molecule has 0 saturated carbocycles. The van der Waals surface area contributed by atoms with E-state index in [9.17, 15) is 9.59 Å². The van der Waals surface area contributed by atoms with Crippen molar-refractivity contribution in [2.45, 2.75) is 13.0 Å². The molecule has 2 unspecified atom stereocenters. The van der Waals surface area contributed by atoms with E-state index in [1.165, 1.54) is 0 Å². The SMILES string of the molecule is C=CC(=O)OC1C(=O)NCC1C. The van der Waals surface area contributed by atoms with Gasteiger partial charge in [0.2, 0.25) is 0 Å². The van der Waals surface area contributed by atoms with Crippen molar-refractivity contribution in [3.05, 3.63) is 12.7 Å². The fourth-order valence-electron chi connectivity index (χ4n) is 1.07. The highest BCUT2D eigenvalue weighted by Gasteiger charge is 2.34. The summed E-state index contributed by atoms with van der Waals surface area (Å²) in [6, 6.07) is 0. The van der Waals surface area contributed by atoms with Gasteiger partial charge in [-0.3, -0.25) is 4.79 Å². The van der Waals surface area contributed by atoms with Crippen LogP contribution in [-0.2, 0) is 14.3 Å². The van der Waals surface area contributed by atoms with Crippen LogP contribution in [0.3, 0.4) is 0 Å². The van der Waals surface area contributed by atoms with E-state index in [2.05, 4.69) is 11.9 Å². The maximum Gasteiger partial charge on any atom is 0.330 e. The third-order valence-corrected chi connectivity index (χ3v) is 1.78. The van der Waals surface area contributed by atoms with E-state index in [-0.39, 0.29) is 11.8 Å². The van der Waals surface area contributed by atoms with E-state index in [0.717, 1.165) is 6.08 Å². The van der Waals surface area contributed by atoms with E-state index in [1.54, 1.807) is 0 Å². The van der Waals surface area contributed by atoms with Gasteiger partial charge in [0.05, 0.1) is 0 Å². The summed E-state index contributed by atoms with van der Waals surface area (Å²) in [4.78, 5) is 21.8. The number of carbonyl (C=O) groups is 2. The van der Waals surface area contributed by atoms with E-state index in [0.29, 0.717) is 6.54 Å². The Kier molecular flexibility index (Phi) is 2.47. The molecule has 1 aliphatic rings. The summed E-state index contributed by atoms with van der Waals surface area (Å²) in [5.74, 6) is -0.733. The standard InChI is InChI=1S/C8H11NO3/c1-3-6(10)12-7-5(2)4-9-8(7)11/h3,5,7H,1,4H2,2H3,(H,9,11). The number of carbonyl (C=O) groups excluding carboxylic acids is 2. The Morgan fingerprint density at radius 2 is 2.50 bits per heavy atom. The maximum atomic E-state index is 11.0. The molecule has 1 heterocycles. The van der Waals surface area contributed by atoms with Crippen molar-refractivity contribution in [3.63, 3.8) is 0 Å². The van der Waals surface area contributed by atoms with Crippen molar-refractivity contribution in [1.82, 2.24) is 5.32 Å². The Labute approximate surface area is 70.6 Å². The van der Waals surface area contributed by atoms with Gasteiger partial charge < -0.3 is 10.1 Å². The molecular weight excluding hydrogens is 158 g/mol. The molecule has 1 rings (SSSR count). The van der Waals surface area contributed by atoms with Gasteiger partial charge in [0.1, 0.15) is 0 Å². The highest BCUT2D eigenvalue weighted by molar-refractivity contribution is 5.88. The summed E-state index contributed by atoms with van der Waals surface area (Å²) in [6.45, 7) is 5.66. The van der Waals surface area contributed by atoms with Crippen molar-refractivity contribution in [2.24, 2.45) is 5.92 Å². The topological polar surface area (TPSA) is 55.4 Å². The Bertz CT molecular complexity index is 224. The molecule has 0 aliphatic carbocycles. The lowest BCUT2D eigenvalue weighted by atomic mass is 10.1. The summed E-state index contributed by atoms with van der Waals surface area (Å²) in [7, 11) is 0. The first-order valence-corrected chi connectivity index (χ1v) is 3.76. The van der Waals surface area contributed by atoms with Crippen molar-refractivity contribution < 1.29 is 14.3 Å². The molecule has 0 aromatic rings. The van der Waals surface area contributed by atoms with Gasteiger partial charge in [-0.15, -0.1) is 0 Å². The van der Waals surface area contributed by atoms with Crippen LogP contribution in [0, 0.1) is 5.92 Å². The minimum absolute atomic E-state index is 0.0430. The van der Waals surface area contributed by atoms with Crippen LogP contribution in [0.2, 0.25) is 0 Å². The van der Waals surface area contributed by atoms with Crippen molar-refractivity contribution in [3.8, 4) is 0 Å². The van der Waals surface area contributed by atoms with Crippen molar-refractivity contribution in [1.29, 1.82) is 0 Å². The van der Waals surface area contributed by atoms with Crippen LogP contribution in [0.4, 0.5) is 0 Å². The number of hydrogen-bond donors (Lipinski definition) is 1. The van der Waals surface area contributed by atoms with Crippen LogP contribution in [0.25, 0.3) is 0 Å². The zero-order valence-corrected chi connectivity index (χ0v) is 6.87. The molecule has 1 fully saturated rings. The molecule has 1 saturated heterocycles. The van der Waals surface area contributed by atoms with Crippen LogP contribution in [0.5, 0.6) is 0 Å². The molecule has 0 aromatic carbocycles. The average Bonchev–Trinajstić information content (AvgIpc) is 2.35. The zero-order valence-electron chi connectivity index (χ0n) is 6.87. The van der Waals surface area contributed by atoms with Crippen LogP contribution in [0.1, 0.15) is 6.92 Å². The minimum atomic E-state index is -0.643. The Balaban J connectivity index is 2.55. The smallest absolute Gasteiger partial charge is 0.330 e. The molecule has 4 heteroatoms. The predicted octanol–water partition coefficient (Wildman–Crippen LogP) is -0.150. The molecule has 66 valence electrons. The number of ether oxygens (including phenoxy) is 1. The second kappa shape index (κ2) is 3.38. The van der Waals surface area contributed by atoms with Crippen LogP contribution >= 0.6 is 0 Å². The van der Waals surface area contributed by atoms with Crippen molar-refractivity contribution >= 4 is 11.9 Å². The Morgan fingerprint density at radius 1 is 1.83 bits per heavy atom. The largest absolute Gasteiger partial charge is 0.449 e. The van der Waals surface area contributed by atoms with Crippen molar-refractivity contribution in [2.75, 3.05) is 6.54 Å². The lowest BCUT2D eigenvalue weighted by molar-refractivity contribution is -0.150. The van der Waals surface area contributed by atoms with E-state index in [4.69, 9.17) is 4.74 Å². The van der Waals surface area contributed by atoms with Crippen LogP contribution in [0.15, 0.2) is 12.7 Å². The Hall–Kier alpha value is -1.32. The predicted molar refractivity (Wildman–Crippen MR) is 42.3 cm³/mol. The number of rotatable bonds is 2. The first-order chi connectivity index (χ1) is 5.65. The second-order valence-electron chi connectivity index (χ2n) is 2.78. The normalized spacial score (nSPS) is 27.9. The second-order valence-corrected chi connectivity index (χ2v) is 2.78. The lowest BCUT2D eigenvalue weighted by Crippen LogP contribution is -2.29. The van der Waals surface area contributed by atoms with E-state index >= 15 is 0 Å². The van der Waals surface area contributed by atoms with Gasteiger partial charge in [0, 0.05) is 18.5 Å². The van der Waals surface area contributed by atoms with Gasteiger partial charge in [-0.25, -0.2) is 4.79 Å². The average molecular weight is 169 g/mol. The summed E-state index contributed by atoms with van der Waals surface area (Å²) in [5.41, 5.74) is 0. The van der Waals surface area contributed by atoms with E-state index in [1.807, 2.05) is 6.92 Å². The number of hydrogen-bond acceptors (Lipinski definition) is 3. The third kappa shape index (κ3) is 1.64. The summed E-state index contributed by atoms with van der Waals surface area (Å²) >= 11 is 0. The minimum Gasteiger partial charge on any atom is -0.449 e. The first-order valence-electron chi connectivity index (χ1n) is 3.76. The summed E-state index contributed by atoms with van der Waals surface area (Å²) < 4.78 is 4.82. The molecule has 4 nitrogen and oxygen atoms in total. The summed E-state index contributed by atoms with van der Waals surface area (Å²) in [5, 5.41) is 2.60. The molecular formula is C8H11NO3. The molecule has 1 amide bonds. The van der Waals surface area contributed by atoms with Gasteiger partial charge in [-0.2, -0.15) is 0 Å². The molecule has 2 atom stereocenters. The third-order valence-electron chi connectivity index (χ3n) is 1.78. The quantitative estimate of drug-likeness (QED) is 0.462. The Morgan fingerprint density at radius 3 is 2.92 bits per heavy atom. The highest BCUT2D eigenvalue weighted by atomic mass is 16.5. The lowest BCUT2D eigenvalue weighted by Gasteiger charge is -2.11. The van der Waals surface area contributed by atoms with Gasteiger partial charge in [0.25, 0.3) is 5.91 Å². The fraction of sp³-hybridized carbons (Fsp3) is 0.500. The molecule has 0 aromatic heterocycles. The molecule has 0 spiro atoms. The maximum absolute atomic E-state index is 11.0.